The molecule has 144 valence electrons. The number of carbonyl (C=O) groups is 2. The second-order valence-electron chi connectivity index (χ2n) is 5.41. The van der Waals surface area contributed by atoms with E-state index in [9.17, 15) is 9.59 Å². The molecule has 2 amide bonds. The normalized spacial score (nSPS) is 10.0. The zero-order chi connectivity index (χ0) is 20.4. The maximum atomic E-state index is 11.8. The number of ether oxygens (including phenoxy) is 3. The fraction of sp³-hybridized carbons (Fsp3) is 0.150. The lowest BCUT2D eigenvalue weighted by Crippen LogP contribution is -2.43. The minimum atomic E-state index is -0.572. The number of amides is 2. The number of nitrogens with one attached hydrogen (secondary N) is 2. The molecule has 0 bridgehead atoms. The average molecular weight is 381 g/mol. The molecule has 28 heavy (non-hydrogen) atoms. The number of hydrazine groups is 1. The van der Waals surface area contributed by atoms with Crippen LogP contribution in [0.15, 0.2) is 48.5 Å². The van der Waals surface area contributed by atoms with Crippen molar-refractivity contribution in [3.8, 4) is 23.3 Å². The van der Waals surface area contributed by atoms with E-state index in [0.717, 1.165) is 0 Å². The first-order chi connectivity index (χ1) is 13.5. The molecule has 0 heterocycles. The fourth-order valence-corrected chi connectivity index (χ4v) is 2.13. The van der Waals surface area contributed by atoms with Gasteiger partial charge in [-0.3, -0.25) is 20.4 Å². The second-order valence-corrected chi connectivity index (χ2v) is 5.41. The molecule has 0 unspecified atom stereocenters. The topological polar surface area (TPSA) is 110 Å². The number of methoxy groups -OCH3 is 2. The van der Waals surface area contributed by atoms with Crippen LogP contribution in [0.2, 0.25) is 0 Å². The predicted molar refractivity (Wildman–Crippen MR) is 102 cm³/mol. The number of hydrogen-bond donors (Lipinski definition) is 2. The molecule has 2 aromatic rings. The highest BCUT2D eigenvalue weighted by molar-refractivity contribution is 5.93. The van der Waals surface area contributed by atoms with Gasteiger partial charge in [0.15, 0.2) is 6.61 Å². The summed E-state index contributed by atoms with van der Waals surface area (Å²) in [5, 5.41) is 8.97. The van der Waals surface area contributed by atoms with E-state index in [4.69, 9.17) is 19.5 Å². The third-order valence-corrected chi connectivity index (χ3v) is 3.49. The molecule has 0 saturated carbocycles. The third-order valence-electron chi connectivity index (χ3n) is 3.49. The summed E-state index contributed by atoms with van der Waals surface area (Å²) in [5.74, 6) is 0.355. The molecule has 0 saturated heterocycles. The van der Waals surface area contributed by atoms with Gasteiger partial charge < -0.3 is 14.2 Å². The Hall–Kier alpha value is -3.99. The first kappa shape index (κ1) is 20.3. The van der Waals surface area contributed by atoms with Crippen molar-refractivity contribution in [1.82, 2.24) is 10.9 Å². The molecular formula is C20H19N3O5. The van der Waals surface area contributed by atoms with Gasteiger partial charge in [0.05, 0.1) is 19.8 Å². The fourth-order valence-electron chi connectivity index (χ4n) is 2.13. The molecule has 0 aliphatic heterocycles. The van der Waals surface area contributed by atoms with Gasteiger partial charge in [0, 0.05) is 12.1 Å². The van der Waals surface area contributed by atoms with E-state index in [1.54, 1.807) is 48.5 Å². The Balaban J connectivity index is 1.84. The molecular weight excluding hydrogens is 362 g/mol. The van der Waals surface area contributed by atoms with Gasteiger partial charge in [0.2, 0.25) is 0 Å². The zero-order valence-corrected chi connectivity index (χ0v) is 15.4. The molecule has 0 aliphatic rings. The van der Waals surface area contributed by atoms with Crippen molar-refractivity contribution >= 4 is 17.9 Å². The number of hydrogen-bond acceptors (Lipinski definition) is 6. The van der Waals surface area contributed by atoms with E-state index in [1.165, 1.54) is 20.3 Å². The van der Waals surface area contributed by atoms with Gasteiger partial charge in [0.25, 0.3) is 11.8 Å². The SMILES string of the molecule is COc1cc(/C=C/C(=O)NNC(=O)COc2ccccc2C#N)cc(OC)c1. The van der Waals surface area contributed by atoms with Gasteiger partial charge in [-0.25, -0.2) is 0 Å². The lowest BCUT2D eigenvalue weighted by molar-refractivity contribution is -0.128. The number of rotatable bonds is 7. The minimum absolute atomic E-state index is 0.290. The summed E-state index contributed by atoms with van der Waals surface area (Å²) in [6, 6.07) is 13.7. The van der Waals surface area contributed by atoms with E-state index in [1.807, 2.05) is 6.07 Å². The number of nitriles is 1. The summed E-state index contributed by atoms with van der Waals surface area (Å²) >= 11 is 0. The number of carbonyl (C=O) groups excluding carboxylic acids is 2. The van der Waals surface area contributed by atoms with Crippen LogP contribution in [0.3, 0.4) is 0 Å². The molecule has 0 radical (unpaired) electrons. The third kappa shape index (κ3) is 6.07. The van der Waals surface area contributed by atoms with Crippen molar-refractivity contribution in [1.29, 1.82) is 5.26 Å². The zero-order valence-electron chi connectivity index (χ0n) is 15.4. The standard InChI is InChI=1S/C20H19N3O5/c1-26-16-9-14(10-17(11-16)27-2)7-8-19(24)22-23-20(25)13-28-18-6-4-3-5-15(18)12-21/h3-11H,13H2,1-2H3,(H,22,24)(H,23,25)/b8-7+. The Morgan fingerprint density at radius 3 is 2.39 bits per heavy atom. The first-order valence-corrected chi connectivity index (χ1v) is 8.17. The van der Waals surface area contributed by atoms with Gasteiger partial charge in [0.1, 0.15) is 23.3 Å². The van der Waals surface area contributed by atoms with Crippen LogP contribution in [0.4, 0.5) is 0 Å². The molecule has 0 fully saturated rings. The quantitative estimate of drug-likeness (QED) is 0.559. The Morgan fingerprint density at radius 1 is 1.07 bits per heavy atom. The van der Waals surface area contributed by atoms with Gasteiger partial charge in [-0.05, 0) is 35.9 Å². The van der Waals surface area contributed by atoms with Crippen LogP contribution in [0, 0.1) is 11.3 Å². The monoisotopic (exact) mass is 381 g/mol. The smallest absolute Gasteiger partial charge is 0.276 e. The van der Waals surface area contributed by atoms with Crippen LogP contribution < -0.4 is 25.1 Å². The lowest BCUT2D eigenvalue weighted by atomic mass is 10.2. The highest BCUT2D eigenvalue weighted by atomic mass is 16.5. The Bertz CT molecular complexity index is 896. The van der Waals surface area contributed by atoms with Crippen LogP contribution in [0.25, 0.3) is 6.08 Å². The van der Waals surface area contributed by atoms with E-state index in [2.05, 4.69) is 10.9 Å². The summed E-state index contributed by atoms with van der Waals surface area (Å²) in [4.78, 5) is 23.6. The van der Waals surface area contributed by atoms with Crippen molar-refractivity contribution in [2.24, 2.45) is 0 Å². The molecule has 2 aromatic carbocycles. The van der Waals surface area contributed by atoms with Crippen LogP contribution in [-0.4, -0.2) is 32.6 Å². The largest absolute Gasteiger partial charge is 0.497 e. The van der Waals surface area contributed by atoms with Gasteiger partial charge in [-0.1, -0.05) is 12.1 Å². The summed E-state index contributed by atoms with van der Waals surface area (Å²) in [6.07, 6.45) is 2.80. The number of nitrogens with zero attached hydrogens (tertiary/aromatic N) is 1. The van der Waals surface area contributed by atoms with E-state index >= 15 is 0 Å². The van der Waals surface area contributed by atoms with Crippen LogP contribution in [-0.2, 0) is 9.59 Å². The van der Waals surface area contributed by atoms with Gasteiger partial charge in [-0.2, -0.15) is 5.26 Å². The van der Waals surface area contributed by atoms with Gasteiger partial charge in [-0.15, -0.1) is 0 Å². The molecule has 0 atom stereocenters. The second kappa shape index (κ2) is 10.2. The Morgan fingerprint density at radius 2 is 1.75 bits per heavy atom. The minimum Gasteiger partial charge on any atom is -0.497 e. The summed E-state index contributed by atoms with van der Waals surface area (Å²) in [5.41, 5.74) is 5.47. The highest BCUT2D eigenvalue weighted by Crippen LogP contribution is 2.23. The molecule has 8 nitrogen and oxygen atoms in total. The molecule has 2 N–H and O–H groups in total. The van der Waals surface area contributed by atoms with Gasteiger partial charge >= 0.3 is 0 Å². The number of benzene rings is 2. The van der Waals surface area contributed by atoms with E-state index in [-0.39, 0.29) is 6.61 Å². The molecule has 0 spiro atoms. The highest BCUT2D eigenvalue weighted by Gasteiger charge is 2.07. The van der Waals surface area contributed by atoms with Crippen molar-refractivity contribution in [2.75, 3.05) is 20.8 Å². The first-order valence-electron chi connectivity index (χ1n) is 8.17. The Labute approximate surface area is 162 Å². The van der Waals surface area contributed by atoms with E-state index < -0.39 is 11.8 Å². The lowest BCUT2D eigenvalue weighted by Gasteiger charge is -2.08. The molecule has 2 rings (SSSR count). The van der Waals surface area contributed by atoms with Crippen LogP contribution >= 0.6 is 0 Å². The van der Waals surface area contributed by atoms with Crippen molar-refractivity contribution in [2.45, 2.75) is 0 Å². The summed E-state index contributed by atoms with van der Waals surface area (Å²) in [7, 11) is 3.06. The average Bonchev–Trinajstić information content (AvgIpc) is 2.74. The van der Waals surface area contributed by atoms with Crippen molar-refractivity contribution in [3.05, 3.63) is 59.7 Å². The van der Waals surface area contributed by atoms with Crippen molar-refractivity contribution in [3.63, 3.8) is 0 Å². The summed E-state index contributed by atoms with van der Waals surface area (Å²) < 4.78 is 15.6. The molecule has 0 aromatic heterocycles. The molecule has 8 heteroatoms. The molecule has 0 aliphatic carbocycles. The maximum Gasteiger partial charge on any atom is 0.276 e. The summed E-state index contributed by atoms with van der Waals surface area (Å²) in [6.45, 7) is -0.351. The van der Waals surface area contributed by atoms with Crippen LogP contribution in [0.5, 0.6) is 17.2 Å². The maximum absolute atomic E-state index is 11.8. The predicted octanol–water partition coefficient (Wildman–Crippen LogP) is 1.82. The van der Waals surface area contributed by atoms with Crippen molar-refractivity contribution < 1.29 is 23.8 Å². The number of para-hydroxylation sites is 1. The van der Waals surface area contributed by atoms with E-state index in [0.29, 0.717) is 28.4 Å². The Kier molecular flexibility index (Phi) is 7.43. The van der Waals surface area contributed by atoms with Crippen LogP contribution in [0.1, 0.15) is 11.1 Å².